The van der Waals surface area contributed by atoms with E-state index in [2.05, 4.69) is 15.0 Å². The average molecular weight is 887 g/mol. The summed E-state index contributed by atoms with van der Waals surface area (Å²) in [5, 5.41) is 3.07. The number of ketones is 1. The Morgan fingerprint density at radius 2 is 1.13 bits per heavy atom. The van der Waals surface area contributed by atoms with Gasteiger partial charge in [0.25, 0.3) is 20.0 Å². The van der Waals surface area contributed by atoms with Crippen molar-refractivity contribution in [3.8, 4) is 0 Å². The molecule has 0 unspecified atom stereocenters. The molecule has 0 radical (unpaired) electrons. The number of benzene rings is 6. The lowest BCUT2D eigenvalue weighted by Crippen LogP contribution is -2.15. The summed E-state index contributed by atoms with van der Waals surface area (Å²) in [5.41, 5.74) is 6.10. The van der Waals surface area contributed by atoms with Gasteiger partial charge in [-0.3, -0.25) is 9.52 Å². The summed E-state index contributed by atoms with van der Waals surface area (Å²) in [6, 6.07) is 40.4. The number of nitrogens with one attached hydrogen (secondary N) is 2. The van der Waals surface area contributed by atoms with Gasteiger partial charge in [0.15, 0.2) is 0 Å². The van der Waals surface area contributed by atoms with Gasteiger partial charge in [0.05, 0.1) is 50.9 Å². The van der Waals surface area contributed by atoms with Crippen molar-refractivity contribution in [2.45, 2.75) is 50.3 Å². The van der Waals surface area contributed by atoms with E-state index in [0.29, 0.717) is 52.3 Å². The van der Waals surface area contributed by atoms with E-state index in [4.69, 9.17) is 9.47 Å². The first kappa shape index (κ1) is 45.4. The van der Waals surface area contributed by atoms with Crippen LogP contribution in [0.2, 0.25) is 0 Å². The Labute approximate surface area is 366 Å². The predicted octanol–water partition coefficient (Wildman–Crippen LogP) is 8.83. The van der Waals surface area contributed by atoms with Gasteiger partial charge in [-0.1, -0.05) is 77.9 Å². The number of ether oxygens (including phenoxy) is 2. The molecule has 0 aliphatic rings. The van der Waals surface area contributed by atoms with Gasteiger partial charge in [-0.15, -0.1) is 0 Å². The van der Waals surface area contributed by atoms with Crippen LogP contribution in [0.5, 0.6) is 0 Å². The van der Waals surface area contributed by atoms with Gasteiger partial charge in [-0.25, -0.2) is 35.4 Å². The van der Waals surface area contributed by atoms with E-state index in [1.165, 1.54) is 3.97 Å². The molecule has 7 aromatic rings. The summed E-state index contributed by atoms with van der Waals surface area (Å²) in [6.45, 7) is 7.85. The van der Waals surface area contributed by atoms with Crippen LogP contribution in [0.15, 0.2) is 155 Å². The Balaban J connectivity index is 0.000000210. The minimum atomic E-state index is -3.90. The third-order valence-electron chi connectivity index (χ3n) is 9.58. The van der Waals surface area contributed by atoms with Crippen molar-refractivity contribution in [2.24, 2.45) is 0 Å². The number of aromatic nitrogens is 2. The summed E-state index contributed by atoms with van der Waals surface area (Å²) < 4.78 is 66.2. The molecule has 6 aromatic carbocycles. The standard InChI is InChI=1S/C25H25NO5S.C23H21N3O4S/c1-3-31-25(28)20-12-10-19(11-13-20)16-22(27)17-21-6-4-5-7-24(21)26-32(29,30)23-14-8-18(2)9-15-23;1-3-30-22(27)17-10-12-18(13-11-17)24-23-25-20-6-4-5-7-21(20)26(23)31(28,29)19-14-8-16(2)9-15-19/h4-15,26H,3,16-17H2,1-2H3;4-15H,3H2,1-2H3,(H,24,25). The molecule has 0 saturated heterocycles. The van der Waals surface area contributed by atoms with Crippen LogP contribution in [0.3, 0.4) is 0 Å². The first-order chi connectivity index (χ1) is 30.2. The summed E-state index contributed by atoms with van der Waals surface area (Å²) in [5.74, 6) is -0.732. The molecular weight excluding hydrogens is 841 g/mol. The lowest BCUT2D eigenvalue weighted by atomic mass is 10.0. The number of fused-ring (bicyclic) bond motifs is 1. The zero-order valence-electron chi connectivity index (χ0n) is 35.1. The predicted molar refractivity (Wildman–Crippen MR) is 242 cm³/mol. The van der Waals surface area contributed by atoms with Crippen molar-refractivity contribution in [3.63, 3.8) is 0 Å². The third kappa shape index (κ3) is 11.4. The zero-order chi connectivity index (χ0) is 45.1. The molecule has 1 heterocycles. The summed E-state index contributed by atoms with van der Waals surface area (Å²) >= 11 is 0. The molecule has 0 aliphatic heterocycles. The summed E-state index contributed by atoms with van der Waals surface area (Å²) in [7, 11) is -7.67. The summed E-state index contributed by atoms with van der Waals surface area (Å²) in [4.78, 5) is 41.1. The second-order valence-corrected chi connectivity index (χ2v) is 17.8. The van der Waals surface area contributed by atoms with Crippen LogP contribution in [0.1, 0.15) is 56.8 Å². The van der Waals surface area contributed by atoms with Crippen LogP contribution >= 0.6 is 0 Å². The number of hydrogen-bond acceptors (Lipinski definition) is 11. The van der Waals surface area contributed by atoms with Gasteiger partial charge in [0, 0.05) is 18.5 Å². The first-order valence-electron chi connectivity index (χ1n) is 20.0. The van der Waals surface area contributed by atoms with Crippen molar-refractivity contribution >= 4 is 66.1 Å². The molecule has 15 heteroatoms. The number of Topliss-reactive ketones (excluding diaryl/α,β-unsaturated/α-hetero) is 1. The molecule has 0 spiro atoms. The molecule has 1 aromatic heterocycles. The van der Waals surface area contributed by atoms with Crippen molar-refractivity contribution < 1.29 is 40.7 Å². The largest absolute Gasteiger partial charge is 0.462 e. The fourth-order valence-electron chi connectivity index (χ4n) is 6.35. The number of nitrogens with zero attached hydrogens (tertiary/aromatic N) is 2. The van der Waals surface area contributed by atoms with Crippen molar-refractivity contribution in [3.05, 3.63) is 179 Å². The van der Waals surface area contributed by atoms with E-state index in [0.717, 1.165) is 16.7 Å². The number of carbonyl (C=O) groups excluding carboxylic acids is 3. The molecule has 63 heavy (non-hydrogen) atoms. The van der Waals surface area contributed by atoms with E-state index in [-0.39, 0.29) is 34.4 Å². The first-order valence-corrected chi connectivity index (χ1v) is 22.9. The highest BCUT2D eigenvalue weighted by Gasteiger charge is 2.25. The minimum absolute atomic E-state index is 0.0733. The maximum Gasteiger partial charge on any atom is 0.338 e. The fourth-order valence-corrected chi connectivity index (χ4v) is 8.86. The number of para-hydroxylation sites is 3. The molecule has 2 N–H and O–H groups in total. The van der Waals surface area contributed by atoms with E-state index in [1.807, 2.05) is 13.8 Å². The van der Waals surface area contributed by atoms with Gasteiger partial charge in [-0.05, 0) is 118 Å². The molecule has 13 nitrogen and oxygen atoms in total. The van der Waals surface area contributed by atoms with Gasteiger partial charge in [0.2, 0.25) is 5.95 Å². The van der Waals surface area contributed by atoms with Crippen LogP contribution in [0.4, 0.5) is 17.3 Å². The number of hydrogen-bond donors (Lipinski definition) is 2. The van der Waals surface area contributed by atoms with Gasteiger partial charge in [0.1, 0.15) is 5.78 Å². The van der Waals surface area contributed by atoms with Crippen molar-refractivity contribution in [1.29, 1.82) is 0 Å². The van der Waals surface area contributed by atoms with Crippen LogP contribution in [-0.2, 0) is 47.2 Å². The second kappa shape index (κ2) is 20.2. The highest BCUT2D eigenvalue weighted by atomic mass is 32.2. The lowest BCUT2D eigenvalue weighted by Gasteiger charge is -2.13. The number of rotatable bonds is 15. The third-order valence-corrected chi connectivity index (χ3v) is 12.7. The number of esters is 2. The normalized spacial score (nSPS) is 11.2. The highest BCUT2D eigenvalue weighted by molar-refractivity contribution is 7.92. The van der Waals surface area contributed by atoms with Crippen LogP contribution in [-0.4, -0.2) is 56.7 Å². The fraction of sp³-hybridized carbons (Fsp3) is 0.167. The quantitative estimate of drug-likeness (QED) is 0.0940. The van der Waals surface area contributed by atoms with Gasteiger partial charge < -0.3 is 14.8 Å². The maximum absolute atomic E-state index is 13.5. The van der Waals surface area contributed by atoms with Crippen LogP contribution < -0.4 is 10.0 Å². The Bertz CT molecular complexity index is 2950. The molecule has 0 aliphatic carbocycles. The Hall–Kier alpha value is -7.10. The lowest BCUT2D eigenvalue weighted by molar-refractivity contribution is -0.117. The Morgan fingerprint density at radius 1 is 0.603 bits per heavy atom. The Morgan fingerprint density at radius 3 is 1.71 bits per heavy atom. The van der Waals surface area contributed by atoms with E-state index in [1.54, 1.807) is 159 Å². The molecule has 324 valence electrons. The number of aryl methyl sites for hydroxylation is 2. The minimum Gasteiger partial charge on any atom is -0.462 e. The smallest absolute Gasteiger partial charge is 0.338 e. The van der Waals surface area contributed by atoms with Crippen LogP contribution in [0, 0.1) is 13.8 Å². The maximum atomic E-state index is 13.5. The van der Waals surface area contributed by atoms with Gasteiger partial charge in [-0.2, -0.15) is 0 Å². The number of carbonyl (C=O) groups is 3. The molecular formula is C48H46N4O9S2. The Kier molecular flexibility index (Phi) is 14.6. The molecule has 0 atom stereocenters. The molecule has 0 saturated carbocycles. The molecule has 0 amide bonds. The van der Waals surface area contributed by atoms with Crippen LogP contribution in [0.25, 0.3) is 11.0 Å². The second-order valence-electron chi connectivity index (χ2n) is 14.3. The highest BCUT2D eigenvalue weighted by Crippen LogP contribution is 2.29. The number of imidazole rings is 1. The van der Waals surface area contributed by atoms with E-state index in [9.17, 15) is 31.2 Å². The summed E-state index contributed by atoms with van der Waals surface area (Å²) in [6.07, 6.45) is 0.244. The number of anilines is 3. The van der Waals surface area contributed by atoms with Gasteiger partial charge >= 0.3 is 11.9 Å². The monoisotopic (exact) mass is 886 g/mol. The SMILES string of the molecule is CCOC(=O)c1ccc(CC(=O)Cc2ccccc2NS(=O)(=O)c2ccc(C)cc2)cc1.CCOC(=O)c1ccc(Nc2nc3ccccc3n2S(=O)(=O)c2ccc(C)cc2)cc1. The van der Waals surface area contributed by atoms with E-state index < -0.39 is 32.0 Å². The number of sulfonamides is 1. The van der Waals surface area contributed by atoms with Crippen molar-refractivity contribution in [2.75, 3.05) is 23.3 Å². The molecule has 0 fully saturated rings. The molecule has 7 rings (SSSR count). The molecule has 0 bridgehead atoms. The topological polar surface area (TPSA) is 180 Å². The zero-order valence-corrected chi connectivity index (χ0v) is 36.7. The van der Waals surface area contributed by atoms with Crippen molar-refractivity contribution in [1.82, 2.24) is 8.96 Å². The van der Waals surface area contributed by atoms with E-state index >= 15 is 0 Å². The average Bonchev–Trinajstić information content (AvgIpc) is 3.64.